The van der Waals surface area contributed by atoms with Gasteiger partial charge >= 0.3 is 4.84 Å². The van der Waals surface area contributed by atoms with Crippen molar-refractivity contribution in [2.24, 2.45) is 17.6 Å². The largest absolute Gasteiger partial charge is 0.348 e. The van der Waals surface area contributed by atoms with Gasteiger partial charge in [-0.05, 0) is 36.9 Å². The zero-order chi connectivity index (χ0) is 10.8. The van der Waals surface area contributed by atoms with Crippen LogP contribution in [0.3, 0.4) is 0 Å². The van der Waals surface area contributed by atoms with Crippen molar-refractivity contribution in [3.8, 4) is 0 Å². The Labute approximate surface area is 94.2 Å². The molecule has 0 aromatic carbocycles. The summed E-state index contributed by atoms with van der Waals surface area (Å²) in [5, 5.41) is 2.78. The highest BCUT2D eigenvalue weighted by molar-refractivity contribution is 7.71. The molecule has 1 saturated carbocycles. The summed E-state index contributed by atoms with van der Waals surface area (Å²) < 4.78 is 4.96. The number of aromatic nitrogens is 2. The first-order chi connectivity index (χ1) is 7.20. The SMILES string of the molecule is C[C@H]1CC[C@@H]([C@@H](CN)c2nc(=S)o[nH]2)C1. The van der Waals surface area contributed by atoms with Crippen LogP contribution in [0.5, 0.6) is 0 Å². The van der Waals surface area contributed by atoms with Crippen molar-refractivity contribution in [3.63, 3.8) is 0 Å². The van der Waals surface area contributed by atoms with Gasteiger partial charge < -0.3 is 10.3 Å². The molecule has 1 fully saturated rings. The topological polar surface area (TPSA) is 67.8 Å². The van der Waals surface area contributed by atoms with E-state index in [9.17, 15) is 0 Å². The van der Waals surface area contributed by atoms with Crippen molar-refractivity contribution >= 4 is 12.2 Å². The number of nitrogens with two attached hydrogens (primary N) is 1. The van der Waals surface area contributed by atoms with Crippen LogP contribution in [-0.2, 0) is 0 Å². The second kappa shape index (κ2) is 4.45. The van der Waals surface area contributed by atoms with E-state index in [1.165, 1.54) is 19.3 Å². The van der Waals surface area contributed by atoms with Gasteiger partial charge in [0.2, 0.25) is 0 Å². The Morgan fingerprint density at radius 1 is 1.67 bits per heavy atom. The molecule has 84 valence electrons. The number of nitrogens with one attached hydrogen (secondary N) is 1. The zero-order valence-electron chi connectivity index (χ0n) is 8.90. The molecule has 1 heterocycles. The first-order valence-corrected chi connectivity index (χ1v) is 5.87. The second-order valence-corrected chi connectivity index (χ2v) is 4.84. The average Bonchev–Trinajstić information content (AvgIpc) is 2.78. The Kier molecular flexibility index (Phi) is 3.21. The molecular formula is C10H17N3OS. The predicted octanol–water partition coefficient (Wildman–Crippen LogP) is 2.21. The van der Waals surface area contributed by atoms with Crippen molar-refractivity contribution in [1.29, 1.82) is 0 Å². The van der Waals surface area contributed by atoms with Gasteiger partial charge in [0.25, 0.3) is 0 Å². The van der Waals surface area contributed by atoms with Gasteiger partial charge in [-0.15, -0.1) is 0 Å². The molecule has 1 aliphatic rings. The Hall–Kier alpha value is -0.680. The van der Waals surface area contributed by atoms with E-state index in [0.717, 1.165) is 11.7 Å². The Bertz CT molecular complexity index is 373. The van der Waals surface area contributed by atoms with E-state index in [2.05, 4.69) is 17.1 Å². The van der Waals surface area contributed by atoms with E-state index in [-0.39, 0.29) is 10.8 Å². The third-order valence-corrected chi connectivity index (χ3v) is 3.54. The zero-order valence-corrected chi connectivity index (χ0v) is 9.72. The molecular weight excluding hydrogens is 210 g/mol. The predicted molar refractivity (Wildman–Crippen MR) is 60.0 cm³/mol. The molecule has 2 rings (SSSR count). The van der Waals surface area contributed by atoms with Crippen molar-refractivity contribution in [2.45, 2.75) is 32.1 Å². The maximum absolute atomic E-state index is 5.80. The fourth-order valence-electron chi connectivity index (χ4n) is 2.54. The number of hydrogen-bond donors (Lipinski definition) is 2. The van der Waals surface area contributed by atoms with Crippen molar-refractivity contribution < 1.29 is 4.52 Å². The Morgan fingerprint density at radius 2 is 2.47 bits per heavy atom. The summed E-state index contributed by atoms with van der Waals surface area (Å²) in [6, 6.07) is 0. The van der Waals surface area contributed by atoms with E-state index in [1.807, 2.05) is 0 Å². The highest BCUT2D eigenvalue weighted by Gasteiger charge is 2.30. The average molecular weight is 227 g/mol. The summed E-state index contributed by atoms with van der Waals surface area (Å²) in [5.74, 6) is 2.52. The van der Waals surface area contributed by atoms with Crippen LogP contribution in [0.1, 0.15) is 37.9 Å². The maximum atomic E-state index is 5.80. The molecule has 3 atom stereocenters. The molecule has 1 aliphatic carbocycles. The monoisotopic (exact) mass is 227 g/mol. The number of aromatic amines is 1. The molecule has 1 aromatic rings. The first kappa shape index (κ1) is 10.8. The van der Waals surface area contributed by atoms with Crippen molar-refractivity contribution in [3.05, 3.63) is 10.7 Å². The molecule has 5 heteroatoms. The van der Waals surface area contributed by atoms with Crippen LogP contribution < -0.4 is 5.73 Å². The summed E-state index contributed by atoms with van der Waals surface area (Å²) in [4.78, 5) is 4.44. The van der Waals surface area contributed by atoms with Gasteiger partial charge in [0, 0.05) is 12.5 Å². The van der Waals surface area contributed by atoms with Crippen LogP contribution in [0.25, 0.3) is 0 Å². The third-order valence-electron chi connectivity index (χ3n) is 3.36. The van der Waals surface area contributed by atoms with Gasteiger partial charge in [-0.3, -0.25) is 0 Å². The molecule has 0 bridgehead atoms. The summed E-state index contributed by atoms with van der Waals surface area (Å²) in [7, 11) is 0. The third kappa shape index (κ3) is 2.29. The van der Waals surface area contributed by atoms with Gasteiger partial charge in [-0.1, -0.05) is 13.3 Å². The van der Waals surface area contributed by atoms with Crippen LogP contribution in [0, 0.1) is 16.7 Å². The van der Waals surface area contributed by atoms with Gasteiger partial charge in [0.15, 0.2) is 0 Å². The van der Waals surface area contributed by atoms with E-state index < -0.39 is 0 Å². The highest BCUT2D eigenvalue weighted by Crippen LogP contribution is 2.38. The van der Waals surface area contributed by atoms with Gasteiger partial charge in [0.1, 0.15) is 5.82 Å². The summed E-state index contributed by atoms with van der Waals surface area (Å²) in [5.41, 5.74) is 5.80. The molecule has 0 aliphatic heterocycles. The standard InChI is InChI=1S/C10H17N3OS/c1-6-2-3-7(4-6)8(5-11)9-12-10(15)14-13-9/h6-8H,2-5,11H2,1H3,(H,12,13,15)/t6-,7+,8+/m0/s1. The number of H-pyrrole nitrogens is 1. The first-order valence-electron chi connectivity index (χ1n) is 5.46. The summed E-state index contributed by atoms with van der Waals surface area (Å²) >= 11 is 4.85. The molecule has 3 N–H and O–H groups in total. The van der Waals surface area contributed by atoms with E-state index >= 15 is 0 Å². The number of nitrogens with zero attached hydrogens (tertiary/aromatic N) is 1. The Morgan fingerprint density at radius 3 is 2.93 bits per heavy atom. The van der Waals surface area contributed by atoms with Gasteiger partial charge in [0.05, 0.1) is 0 Å². The lowest BCUT2D eigenvalue weighted by Gasteiger charge is -2.18. The van der Waals surface area contributed by atoms with Gasteiger partial charge in [-0.2, -0.15) is 4.98 Å². The van der Waals surface area contributed by atoms with Crippen LogP contribution >= 0.6 is 12.2 Å². The number of hydrogen-bond acceptors (Lipinski definition) is 4. The molecule has 0 spiro atoms. The second-order valence-electron chi connectivity index (χ2n) is 4.49. The molecule has 0 saturated heterocycles. The molecule has 0 radical (unpaired) electrons. The maximum Gasteiger partial charge on any atom is 0.314 e. The molecule has 4 nitrogen and oxygen atoms in total. The van der Waals surface area contributed by atoms with Crippen LogP contribution in [0.15, 0.2) is 4.52 Å². The summed E-state index contributed by atoms with van der Waals surface area (Å²) in [6.07, 6.45) is 3.76. The number of rotatable bonds is 3. The minimum absolute atomic E-state index is 0.273. The lowest BCUT2D eigenvalue weighted by Crippen LogP contribution is -2.21. The van der Waals surface area contributed by atoms with E-state index in [1.54, 1.807) is 0 Å². The molecule has 15 heavy (non-hydrogen) atoms. The Balaban J connectivity index is 2.13. The lowest BCUT2D eigenvalue weighted by atomic mass is 9.89. The molecule has 0 unspecified atom stereocenters. The lowest BCUT2D eigenvalue weighted by molar-refractivity contribution is 0.365. The van der Waals surface area contributed by atoms with E-state index in [0.29, 0.717) is 12.5 Å². The minimum atomic E-state index is 0.273. The van der Waals surface area contributed by atoms with Crippen LogP contribution in [0.2, 0.25) is 0 Å². The van der Waals surface area contributed by atoms with Crippen molar-refractivity contribution in [1.82, 2.24) is 10.1 Å². The highest BCUT2D eigenvalue weighted by atomic mass is 32.1. The van der Waals surface area contributed by atoms with Gasteiger partial charge in [-0.25, -0.2) is 5.16 Å². The summed E-state index contributed by atoms with van der Waals surface area (Å²) in [6.45, 7) is 2.90. The normalized spacial score (nSPS) is 28.1. The van der Waals surface area contributed by atoms with Crippen LogP contribution in [-0.4, -0.2) is 16.7 Å². The molecule has 0 amide bonds. The fraction of sp³-hybridized carbons (Fsp3) is 0.800. The van der Waals surface area contributed by atoms with E-state index in [4.69, 9.17) is 22.5 Å². The van der Waals surface area contributed by atoms with Crippen molar-refractivity contribution in [2.75, 3.05) is 6.54 Å². The van der Waals surface area contributed by atoms with Crippen LogP contribution in [0.4, 0.5) is 0 Å². The fourth-order valence-corrected chi connectivity index (χ4v) is 2.68. The minimum Gasteiger partial charge on any atom is -0.348 e. The quantitative estimate of drug-likeness (QED) is 0.777. The smallest absolute Gasteiger partial charge is 0.314 e. The molecule has 1 aromatic heterocycles.